The van der Waals surface area contributed by atoms with E-state index in [-0.39, 0.29) is 5.91 Å². The van der Waals surface area contributed by atoms with Gasteiger partial charge in [-0.25, -0.2) is 4.98 Å². The maximum absolute atomic E-state index is 12.4. The van der Waals surface area contributed by atoms with Gasteiger partial charge in [-0.05, 0) is 24.3 Å². The Kier molecular flexibility index (Phi) is 4.22. The fourth-order valence-corrected chi connectivity index (χ4v) is 3.18. The van der Waals surface area contributed by atoms with E-state index < -0.39 is 0 Å². The molecule has 0 unspecified atom stereocenters. The average Bonchev–Trinajstić information content (AvgIpc) is 3.29. The Morgan fingerprint density at radius 3 is 2.84 bits per heavy atom. The number of rotatable bonds is 5. The first-order valence-corrected chi connectivity index (χ1v) is 8.74. The molecule has 1 N–H and O–H groups in total. The van der Waals surface area contributed by atoms with Crippen LogP contribution in [0.15, 0.2) is 60.4 Å². The Morgan fingerprint density at radius 1 is 1.16 bits per heavy atom. The molecule has 124 valence electrons. The monoisotopic (exact) mass is 349 g/mol. The number of aromatic nitrogens is 4. The summed E-state index contributed by atoms with van der Waals surface area (Å²) in [5, 5.41) is 2.90. The van der Waals surface area contributed by atoms with Gasteiger partial charge in [0.15, 0.2) is 0 Å². The fraction of sp³-hybridized carbons (Fsp3) is 0.111. The Bertz CT molecular complexity index is 995. The first kappa shape index (κ1) is 15.5. The van der Waals surface area contributed by atoms with Gasteiger partial charge in [-0.3, -0.25) is 20.1 Å². The third kappa shape index (κ3) is 3.27. The van der Waals surface area contributed by atoms with Gasteiger partial charge in [0.05, 0.1) is 22.7 Å². The molecule has 7 heteroatoms. The first-order valence-electron chi connectivity index (χ1n) is 7.86. The molecule has 0 saturated carbocycles. The van der Waals surface area contributed by atoms with E-state index in [0.29, 0.717) is 17.4 Å². The number of fused-ring (bicyclic) bond motifs is 1. The van der Waals surface area contributed by atoms with Crippen LogP contribution in [-0.2, 0) is 13.0 Å². The lowest BCUT2D eigenvalue weighted by molar-refractivity contribution is 0.102. The zero-order valence-electron chi connectivity index (χ0n) is 13.3. The molecule has 1 aromatic carbocycles. The number of nitrogens with zero attached hydrogens (tertiary/aromatic N) is 4. The highest BCUT2D eigenvalue weighted by atomic mass is 32.1. The van der Waals surface area contributed by atoms with Crippen LogP contribution in [0, 0.1) is 0 Å². The molecule has 25 heavy (non-hydrogen) atoms. The SMILES string of the molecule is O=C(Nc1nc2ccccc2n1CCc1ccccn1)c1cncs1. The Labute approximate surface area is 148 Å². The van der Waals surface area contributed by atoms with E-state index >= 15 is 0 Å². The van der Waals surface area contributed by atoms with Gasteiger partial charge in [0, 0.05) is 24.9 Å². The maximum atomic E-state index is 12.4. The molecule has 4 rings (SSSR count). The number of nitrogens with one attached hydrogen (secondary N) is 1. The van der Waals surface area contributed by atoms with Gasteiger partial charge in [-0.15, -0.1) is 11.3 Å². The fourth-order valence-electron chi connectivity index (χ4n) is 2.66. The molecule has 0 bridgehead atoms. The van der Waals surface area contributed by atoms with Crippen molar-refractivity contribution < 1.29 is 4.79 Å². The number of amides is 1. The molecule has 0 saturated heterocycles. The number of thiazole rings is 1. The number of hydrogen-bond donors (Lipinski definition) is 1. The zero-order valence-corrected chi connectivity index (χ0v) is 14.1. The Hall–Kier alpha value is -3.06. The molecule has 0 aliphatic rings. The van der Waals surface area contributed by atoms with Crippen molar-refractivity contribution in [2.75, 3.05) is 5.32 Å². The summed E-state index contributed by atoms with van der Waals surface area (Å²) < 4.78 is 2.02. The van der Waals surface area contributed by atoms with Crippen molar-refractivity contribution in [2.45, 2.75) is 13.0 Å². The highest BCUT2D eigenvalue weighted by Crippen LogP contribution is 2.21. The molecule has 6 nitrogen and oxygen atoms in total. The molecule has 3 heterocycles. The highest BCUT2D eigenvalue weighted by Gasteiger charge is 2.15. The largest absolute Gasteiger partial charge is 0.310 e. The lowest BCUT2D eigenvalue weighted by Gasteiger charge is -2.09. The topological polar surface area (TPSA) is 72.7 Å². The minimum atomic E-state index is -0.197. The second-order valence-corrected chi connectivity index (χ2v) is 6.35. The van der Waals surface area contributed by atoms with Crippen LogP contribution in [0.2, 0.25) is 0 Å². The molecular formula is C18H15N5OS. The second-order valence-electron chi connectivity index (χ2n) is 5.47. The van der Waals surface area contributed by atoms with E-state index in [1.54, 1.807) is 17.9 Å². The lowest BCUT2D eigenvalue weighted by Crippen LogP contribution is -2.15. The van der Waals surface area contributed by atoms with Crippen LogP contribution < -0.4 is 5.32 Å². The molecule has 0 atom stereocenters. The third-order valence-corrected chi connectivity index (χ3v) is 4.63. The second kappa shape index (κ2) is 6.82. The number of para-hydroxylation sites is 2. The maximum Gasteiger partial charge on any atom is 0.269 e. The van der Waals surface area contributed by atoms with Crippen LogP contribution in [0.25, 0.3) is 11.0 Å². The molecular weight excluding hydrogens is 334 g/mol. The van der Waals surface area contributed by atoms with Gasteiger partial charge in [-0.1, -0.05) is 18.2 Å². The van der Waals surface area contributed by atoms with Crippen molar-refractivity contribution in [1.82, 2.24) is 19.5 Å². The van der Waals surface area contributed by atoms with Gasteiger partial charge in [-0.2, -0.15) is 0 Å². The standard InChI is InChI=1S/C18H15N5OS/c24-17(16-11-19-12-25-16)22-18-21-14-6-1-2-7-15(14)23(18)10-8-13-5-3-4-9-20-13/h1-7,9,11-12H,8,10H2,(H,21,22,24). The van der Waals surface area contributed by atoms with Crippen molar-refractivity contribution in [3.63, 3.8) is 0 Å². The van der Waals surface area contributed by atoms with E-state index in [4.69, 9.17) is 0 Å². The molecule has 1 amide bonds. The molecule has 4 aromatic rings. The number of aryl methyl sites for hydroxylation is 2. The highest BCUT2D eigenvalue weighted by molar-refractivity contribution is 7.11. The molecule has 0 radical (unpaired) electrons. The van der Waals surface area contributed by atoms with Gasteiger partial charge >= 0.3 is 0 Å². The van der Waals surface area contributed by atoms with E-state index in [1.807, 2.05) is 47.0 Å². The van der Waals surface area contributed by atoms with Crippen LogP contribution in [0.1, 0.15) is 15.4 Å². The summed E-state index contributed by atoms with van der Waals surface area (Å²) >= 11 is 1.30. The van der Waals surface area contributed by atoms with Crippen molar-refractivity contribution in [3.05, 3.63) is 70.9 Å². The number of imidazole rings is 1. The van der Waals surface area contributed by atoms with Crippen molar-refractivity contribution >= 4 is 34.2 Å². The van der Waals surface area contributed by atoms with Crippen LogP contribution in [0.3, 0.4) is 0 Å². The van der Waals surface area contributed by atoms with E-state index in [1.165, 1.54) is 11.3 Å². The minimum absolute atomic E-state index is 0.197. The predicted octanol–water partition coefficient (Wildman–Crippen LogP) is 3.38. The third-order valence-electron chi connectivity index (χ3n) is 3.85. The summed E-state index contributed by atoms with van der Waals surface area (Å²) in [6, 6.07) is 13.7. The van der Waals surface area contributed by atoms with Gasteiger partial charge in [0.25, 0.3) is 5.91 Å². The quantitative estimate of drug-likeness (QED) is 0.599. The predicted molar refractivity (Wildman–Crippen MR) is 97.7 cm³/mol. The van der Waals surface area contributed by atoms with Crippen LogP contribution >= 0.6 is 11.3 Å². The van der Waals surface area contributed by atoms with Crippen LogP contribution in [0.5, 0.6) is 0 Å². The number of hydrogen-bond acceptors (Lipinski definition) is 5. The summed E-state index contributed by atoms with van der Waals surface area (Å²) in [6.07, 6.45) is 4.10. The van der Waals surface area contributed by atoms with E-state index in [9.17, 15) is 4.79 Å². The summed E-state index contributed by atoms with van der Waals surface area (Å²) in [5.41, 5.74) is 4.47. The summed E-state index contributed by atoms with van der Waals surface area (Å²) in [7, 11) is 0. The van der Waals surface area contributed by atoms with Gasteiger partial charge < -0.3 is 4.57 Å². The van der Waals surface area contributed by atoms with Crippen LogP contribution in [-0.4, -0.2) is 25.4 Å². The average molecular weight is 349 g/mol. The molecule has 3 aromatic heterocycles. The number of benzene rings is 1. The lowest BCUT2D eigenvalue weighted by atomic mass is 10.2. The van der Waals surface area contributed by atoms with Crippen molar-refractivity contribution in [3.8, 4) is 0 Å². The smallest absolute Gasteiger partial charge is 0.269 e. The number of carbonyl (C=O) groups is 1. The normalized spacial score (nSPS) is 10.9. The molecule has 0 fully saturated rings. The Morgan fingerprint density at radius 2 is 2.04 bits per heavy atom. The first-order chi connectivity index (χ1) is 12.3. The summed E-state index contributed by atoms with van der Waals surface area (Å²) in [4.78, 5) is 25.8. The molecule has 0 aliphatic heterocycles. The van der Waals surface area contributed by atoms with Gasteiger partial charge in [0.2, 0.25) is 5.95 Å². The van der Waals surface area contributed by atoms with Gasteiger partial charge in [0.1, 0.15) is 4.88 Å². The van der Waals surface area contributed by atoms with Crippen molar-refractivity contribution in [1.29, 1.82) is 0 Å². The number of pyridine rings is 1. The van der Waals surface area contributed by atoms with E-state index in [0.717, 1.165) is 23.1 Å². The van der Waals surface area contributed by atoms with Crippen LogP contribution in [0.4, 0.5) is 5.95 Å². The molecule has 0 spiro atoms. The Balaban J connectivity index is 1.64. The zero-order chi connectivity index (χ0) is 17.1. The van der Waals surface area contributed by atoms with E-state index in [2.05, 4.69) is 20.3 Å². The number of carbonyl (C=O) groups excluding carboxylic acids is 1. The summed E-state index contributed by atoms with van der Waals surface area (Å²) in [6.45, 7) is 0.676. The minimum Gasteiger partial charge on any atom is -0.310 e. The summed E-state index contributed by atoms with van der Waals surface area (Å²) in [5.74, 6) is 0.340. The number of anilines is 1. The molecule has 0 aliphatic carbocycles. The van der Waals surface area contributed by atoms with Crippen molar-refractivity contribution in [2.24, 2.45) is 0 Å².